The molecule has 0 radical (unpaired) electrons. The molecule has 1 aromatic carbocycles. The second-order valence-electron chi connectivity index (χ2n) is 5.57. The van der Waals surface area contributed by atoms with Gasteiger partial charge in [0.25, 0.3) is 0 Å². The molecule has 1 aliphatic carbocycles. The molecule has 1 atom stereocenters. The molecule has 0 N–H and O–H groups in total. The quantitative estimate of drug-likeness (QED) is 0.770. The number of carbonyl (C=O) groups is 1. The van der Waals surface area contributed by atoms with Crippen molar-refractivity contribution in [2.45, 2.75) is 38.1 Å². The highest BCUT2D eigenvalue weighted by Gasteiger charge is 2.27. The molecule has 3 rings (SSSR count). The zero-order valence-corrected chi connectivity index (χ0v) is 11.1. The Morgan fingerprint density at radius 3 is 2.68 bits per heavy atom. The zero-order chi connectivity index (χ0) is 13.2. The van der Waals surface area contributed by atoms with Gasteiger partial charge in [-0.25, -0.2) is 0 Å². The van der Waals surface area contributed by atoms with Gasteiger partial charge < -0.3 is 0 Å². The monoisotopic (exact) mass is 254 g/mol. The van der Waals surface area contributed by atoms with E-state index in [1.54, 1.807) is 0 Å². The molecule has 1 aromatic rings. The second-order valence-corrected chi connectivity index (χ2v) is 5.57. The number of Topliss-reactive ketones (excluding diaryl/α,β-unsaturated/α-hetero) is 1. The lowest BCUT2D eigenvalue weighted by Gasteiger charge is -2.37. The maximum Gasteiger partial charge on any atom is 0.135 e. The highest BCUT2D eigenvalue weighted by atomic mass is 16.1. The summed E-state index contributed by atoms with van der Waals surface area (Å²) >= 11 is 0. The van der Waals surface area contributed by atoms with E-state index >= 15 is 0 Å². The third-order valence-corrected chi connectivity index (χ3v) is 4.41. The molecule has 3 heteroatoms. The summed E-state index contributed by atoms with van der Waals surface area (Å²) in [5.41, 5.74) is 3.48. The number of piperidine rings is 1. The molecule has 2 aliphatic rings. The fourth-order valence-corrected chi connectivity index (χ4v) is 3.26. The van der Waals surface area contributed by atoms with Crippen molar-refractivity contribution in [3.63, 3.8) is 0 Å². The van der Waals surface area contributed by atoms with E-state index in [0.717, 1.165) is 50.8 Å². The van der Waals surface area contributed by atoms with Crippen molar-refractivity contribution in [3.05, 3.63) is 34.9 Å². The summed E-state index contributed by atoms with van der Waals surface area (Å²) in [7, 11) is 0. The predicted molar refractivity (Wildman–Crippen MR) is 72.8 cm³/mol. The topological polar surface area (TPSA) is 44.1 Å². The Balaban J connectivity index is 1.72. The maximum atomic E-state index is 11.3. The first-order valence-corrected chi connectivity index (χ1v) is 7.04. The molecule has 1 heterocycles. The van der Waals surface area contributed by atoms with Crippen LogP contribution in [0.1, 0.15) is 36.0 Å². The largest absolute Gasteiger partial charge is 0.300 e. The highest BCUT2D eigenvalue weighted by molar-refractivity contribution is 5.79. The lowest BCUT2D eigenvalue weighted by Crippen LogP contribution is -2.44. The van der Waals surface area contributed by atoms with Crippen molar-refractivity contribution < 1.29 is 4.79 Å². The van der Waals surface area contributed by atoms with Crippen LogP contribution in [0.4, 0.5) is 0 Å². The molecule has 1 saturated heterocycles. The smallest absolute Gasteiger partial charge is 0.135 e. The predicted octanol–water partition coefficient (Wildman–Crippen LogP) is 2.08. The van der Waals surface area contributed by atoms with Crippen LogP contribution in [0.5, 0.6) is 0 Å². The van der Waals surface area contributed by atoms with Crippen molar-refractivity contribution in [2.75, 3.05) is 13.1 Å². The number of hydrogen-bond donors (Lipinski definition) is 0. The summed E-state index contributed by atoms with van der Waals surface area (Å²) < 4.78 is 0. The highest BCUT2D eigenvalue weighted by Crippen LogP contribution is 2.26. The fraction of sp³-hybridized carbons (Fsp3) is 0.500. The summed E-state index contributed by atoms with van der Waals surface area (Å²) in [5.74, 6) is 0.408. The van der Waals surface area contributed by atoms with Crippen molar-refractivity contribution in [1.29, 1.82) is 5.26 Å². The van der Waals surface area contributed by atoms with Crippen LogP contribution in [-0.2, 0) is 17.6 Å². The third-order valence-electron chi connectivity index (χ3n) is 4.41. The van der Waals surface area contributed by atoms with Gasteiger partial charge in [0.15, 0.2) is 0 Å². The summed E-state index contributed by atoms with van der Waals surface area (Å²) in [5, 5.41) is 8.93. The summed E-state index contributed by atoms with van der Waals surface area (Å²) in [6, 6.07) is 8.84. The van der Waals surface area contributed by atoms with Crippen LogP contribution in [0.2, 0.25) is 0 Å². The third kappa shape index (κ3) is 2.54. The van der Waals surface area contributed by atoms with Crippen LogP contribution in [-0.4, -0.2) is 29.8 Å². The van der Waals surface area contributed by atoms with E-state index in [1.165, 1.54) is 11.1 Å². The van der Waals surface area contributed by atoms with Crippen LogP contribution in [0.3, 0.4) is 0 Å². The first-order valence-electron chi connectivity index (χ1n) is 7.04. The first-order chi connectivity index (χ1) is 9.26. The minimum atomic E-state index is 0.408. The summed E-state index contributed by atoms with van der Waals surface area (Å²) in [6.45, 7) is 1.85. The van der Waals surface area contributed by atoms with Crippen molar-refractivity contribution in [2.24, 2.45) is 0 Å². The minimum absolute atomic E-state index is 0.408. The number of fused-ring (bicyclic) bond motifs is 1. The number of likely N-dealkylation sites (tertiary alicyclic amines) is 1. The molecule has 0 spiro atoms. The Bertz CT molecular complexity index is 534. The van der Waals surface area contributed by atoms with E-state index in [2.05, 4.69) is 17.0 Å². The Labute approximate surface area is 113 Å². The van der Waals surface area contributed by atoms with E-state index in [9.17, 15) is 4.79 Å². The van der Waals surface area contributed by atoms with Crippen LogP contribution in [0, 0.1) is 11.3 Å². The summed E-state index contributed by atoms with van der Waals surface area (Å²) in [4.78, 5) is 13.8. The number of ketones is 1. The number of nitriles is 1. The number of hydrogen-bond acceptors (Lipinski definition) is 3. The average Bonchev–Trinajstić information content (AvgIpc) is 2.47. The van der Waals surface area contributed by atoms with Crippen molar-refractivity contribution >= 4 is 5.78 Å². The van der Waals surface area contributed by atoms with E-state index in [0.29, 0.717) is 11.8 Å². The van der Waals surface area contributed by atoms with Gasteiger partial charge >= 0.3 is 0 Å². The Kier molecular flexibility index (Phi) is 3.35. The number of benzene rings is 1. The lowest BCUT2D eigenvalue weighted by atomic mass is 9.86. The van der Waals surface area contributed by atoms with Gasteiger partial charge in [0.2, 0.25) is 0 Å². The molecule has 3 nitrogen and oxygen atoms in total. The van der Waals surface area contributed by atoms with Crippen LogP contribution < -0.4 is 0 Å². The maximum absolute atomic E-state index is 11.3. The Morgan fingerprint density at radius 1 is 1.16 bits per heavy atom. The van der Waals surface area contributed by atoms with Gasteiger partial charge in [0, 0.05) is 32.0 Å². The molecule has 1 aliphatic heterocycles. The standard InChI is InChI=1S/C16H18N2O/c17-11-12-1-2-14-10-15(4-3-13(14)9-12)18-7-5-16(19)6-8-18/h1-2,9,15H,3-8,10H2/t15-/m1/s1. The molecular weight excluding hydrogens is 236 g/mol. The van der Waals surface area contributed by atoms with E-state index in [-0.39, 0.29) is 0 Å². The Hall–Kier alpha value is -1.66. The van der Waals surface area contributed by atoms with Crippen molar-refractivity contribution in [3.8, 4) is 6.07 Å². The van der Waals surface area contributed by atoms with Gasteiger partial charge in [0.05, 0.1) is 11.6 Å². The van der Waals surface area contributed by atoms with Crippen molar-refractivity contribution in [1.82, 2.24) is 4.90 Å². The van der Waals surface area contributed by atoms with E-state index < -0.39 is 0 Å². The average molecular weight is 254 g/mol. The van der Waals surface area contributed by atoms with Gasteiger partial charge in [-0.3, -0.25) is 9.69 Å². The molecule has 0 unspecified atom stereocenters. The van der Waals surface area contributed by atoms with Gasteiger partial charge in [-0.1, -0.05) is 6.07 Å². The number of aryl methyl sites for hydroxylation is 1. The summed E-state index contributed by atoms with van der Waals surface area (Å²) in [6.07, 6.45) is 4.71. The van der Waals surface area contributed by atoms with Gasteiger partial charge in [-0.15, -0.1) is 0 Å². The van der Waals surface area contributed by atoms with Crippen LogP contribution in [0.15, 0.2) is 18.2 Å². The molecule has 0 bridgehead atoms. The minimum Gasteiger partial charge on any atom is -0.300 e. The molecular formula is C16H18N2O. The van der Waals surface area contributed by atoms with Crippen LogP contribution >= 0.6 is 0 Å². The number of carbonyl (C=O) groups excluding carboxylic acids is 1. The zero-order valence-electron chi connectivity index (χ0n) is 11.1. The van der Waals surface area contributed by atoms with Gasteiger partial charge in [-0.2, -0.15) is 5.26 Å². The normalized spacial score (nSPS) is 23.7. The molecule has 0 aromatic heterocycles. The van der Waals surface area contributed by atoms with E-state index in [4.69, 9.17) is 5.26 Å². The SMILES string of the molecule is N#Cc1ccc2c(c1)CC[C@@H](N1CCC(=O)CC1)C2. The van der Waals surface area contributed by atoms with Gasteiger partial charge in [0.1, 0.15) is 5.78 Å². The first kappa shape index (κ1) is 12.4. The molecule has 1 fully saturated rings. The molecule has 0 amide bonds. The fourth-order valence-electron chi connectivity index (χ4n) is 3.26. The number of nitrogens with zero attached hydrogens (tertiary/aromatic N) is 2. The number of rotatable bonds is 1. The molecule has 0 saturated carbocycles. The second kappa shape index (κ2) is 5.14. The van der Waals surface area contributed by atoms with E-state index in [1.807, 2.05) is 12.1 Å². The molecule has 98 valence electrons. The van der Waals surface area contributed by atoms with Gasteiger partial charge in [-0.05, 0) is 42.5 Å². The lowest BCUT2D eigenvalue weighted by molar-refractivity contribution is -0.121. The molecule has 19 heavy (non-hydrogen) atoms. The van der Waals surface area contributed by atoms with Crippen LogP contribution in [0.25, 0.3) is 0 Å². The Morgan fingerprint density at radius 2 is 1.95 bits per heavy atom.